The van der Waals surface area contributed by atoms with E-state index in [2.05, 4.69) is 16.0 Å². The first-order chi connectivity index (χ1) is 8.22. The van der Waals surface area contributed by atoms with Crippen molar-refractivity contribution in [3.05, 3.63) is 0 Å². The van der Waals surface area contributed by atoms with Crippen LogP contribution in [0.5, 0.6) is 0 Å². The highest BCUT2D eigenvalue weighted by Crippen LogP contribution is 2.27. The first-order valence-corrected chi connectivity index (χ1v) is 6.46. The standard InChI is InChI=1S/C12H23N3O2/c1-2-6-14-11(16)5-7-15-12(17)9-13-8-10-3-4-10/h10,13H,2-9H2,1H3,(H,14,16)(H,15,17). The fourth-order valence-electron chi connectivity index (χ4n) is 1.44. The first kappa shape index (κ1) is 14.0. The van der Waals surface area contributed by atoms with Gasteiger partial charge in [-0.05, 0) is 31.7 Å². The smallest absolute Gasteiger partial charge is 0.233 e. The molecular weight excluding hydrogens is 218 g/mol. The predicted octanol–water partition coefficient (Wildman–Crippen LogP) is 0.0185. The Kier molecular flexibility index (Phi) is 6.62. The Bertz CT molecular complexity index is 252. The Morgan fingerprint density at radius 1 is 1.12 bits per heavy atom. The SMILES string of the molecule is CCCNC(=O)CCNC(=O)CNCC1CC1. The Morgan fingerprint density at radius 2 is 1.82 bits per heavy atom. The molecule has 0 radical (unpaired) electrons. The summed E-state index contributed by atoms with van der Waals surface area (Å²) in [7, 11) is 0. The van der Waals surface area contributed by atoms with Gasteiger partial charge in [0, 0.05) is 19.5 Å². The summed E-state index contributed by atoms with van der Waals surface area (Å²) < 4.78 is 0. The zero-order chi connectivity index (χ0) is 12.5. The molecule has 0 aromatic heterocycles. The van der Waals surface area contributed by atoms with Crippen molar-refractivity contribution in [2.24, 2.45) is 5.92 Å². The molecule has 3 N–H and O–H groups in total. The second kappa shape index (κ2) is 8.06. The largest absolute Gasteiger partial charge is 0.356 e. The number of nitrogens with one attached hydrogen (secondary N) is 3. The Hall–Kier alpha value is -1.10. The van der Waals surface area contributed by atoms with E-state index in [1.807, 2.05) is 6.92 Å². The molecule has 5 heteroatoms. The van der Waals surface area contributed by atoms with E-state index < -0.39 is 0 Å². The lowest BCUT2D eigenvalue weighted by atomic mass is 10.3. The van der Waals surface area contributed by atoms with Crippen molar-refractivity contribution in [1.29, 1.82) is 0 Å². The highest BCUT2D eigenvalue weighted by atomic mass is 16.2. The monoisotopic (exact) mass is 241 g/mol. The van der Waals surface area contributed by atoms with Gasteiger partial charge >= 0.3 is 0 Å². The molecular formula is C12H23N3O2. The van der Waals surface area contributed by atoms with Crippen LogP contribution < -0.4 is 16.0 Å². The topological polar surface area (TPSA) is 70.2 Å². The molecule has 1 aliphatic carbocycles. The first-order valence-electron chi connectivity index (χ1n) is 6.46. The summed E-state index contributed by atoms with van der Waals surface area (Å²) >= 11 is 0. The summed E-state index contributed by atoms with van der Waals surface area (Å²) in [5.74, 6) is 0.745. The summed E-state index contributed by atoms with van der Waals surface area (Å²) in [5.41, 5.74) is 0. The van der Waals surface area contributed by atoms with Crippen molar-refractivity contribution in [3.63, 3.8) is 0 Å². The normalized spacial score (nSPS) is 14.4. The van der Waals surface area contributed by atoms with Gasteiger partial charge in [-0.2, -0.15) is 0 Å². The van der Waals surface area contributed by atoms with Crippen LogP contribution in [0.3, 0.4) is 0 Å². The fraction of sp³-hybridized carbons (Fsp3) is 0.833. The number of hydrogen-bond donors (Lipinski definition) is 3. The van der Waals surface area contributed by atoms with Gasteiger partial charge < -0.3 is 16.0 Å². The maximum atomic E-state index is 11.3. The Balaban J connectivity index is 1.89. The van der Waals surface area contributed by atoms with E-state index in [0.717, 1.165) is 18.9 Å². The third-order valence-electron chi connectivity index (χ3n) is 2.66. The molecule has 0 aromatic carbocycles. The number of carbonyl (C=O) groups excluding carboxylic acids is 2. The van der Waals surface area contributed by atoms with Crippen LogP contribution in [0.4, 0.5) is 0 Å². The summed E-state index contributed by atoms with van der Waals surface area (Å²) in [6.45, 7) is 4.42. The van der Waals surface area contributed by atoms with Gasteiger partial charge in [-0.15, -0.1) is 0 Å². The lowest BCUT2D eigenvalue weighted by Crippen LogP contribution is -2.37. The van der Waals surface area contributed by atoms with Crippen LogP contribution >= 0.6 is 0 Å². The third-order valence-corrected chi connectivity index (χ3v) is 2.66. The number of carbonyl (C=O) groups is 2. The van der Waals surface area contributed by atoms with Crippen LogP contribution in [0.1, 0.15) is 32.6 Å². The van der Waals surface area contributed by atoms with Crippen molar-refractivity contribution < 1.29 is 9.59 Å². The molecule has 0 unspecified atom stereocenters. The van der Waals surface area contributed by atoms with Crippen molar-refractivity contribution in [3.8, 4) is 0 Å². The minimum absolute atomic E-state index is 0.00177. The lowest BCUT2D eigenvalue weighted by molar-refractivity contribution is -0.121. The lowest BCUT2D eigenvalue weighted by Gasteiger charge is -2.06. The van der Waals surface area contributed by atoms with Crippen LogP contribution in [0.25, 0.3) is 0 Å². The quantitative estimate of drug-likeness (QED) is 0.533. The minimum atomic E-state index is -0.0334. The molecule has 0 heterocycles. The predicted molar refractivity (Wildman–Crippen MR) is 66.5 cm³/mol. The fourth-order valence-corrected chi connectivity index (χ4v) is 1.44. The summed E-state index contributed by atoms with van der Waals surface area (Å²) in [6.07, 6.45) is 3.86. The molecule has 2 amide bonds. The van der Waals surface area contributed by atoms with Gasteiger partial charge in [0.2, 0.25) is 11.8 Å². The van der Waals surface area contributed by atoms with E-state index in [1.54, 1.807) is 0 Å². The summed E-state index contributed by atoms with van der Waals surface area (Å²) in [6, 6.07) is 0. The zero-order valence-electron chi connectivity index (χ0n) is 10.6. The number of hydrogen-bond acceptors (Lipinski definition) is 3. The Morgan fingerprint density at radius 3 is 2.47 bits per heavy atom. The molecule has 0 spiro atoms. The van der Waals surface area contributed by atoms with Crippen LogP contribution in [-0.2, 0) is 9.59 Å². The van der Waals surface area contributed by atoms with Crippen LogP contribution in [-0.4, -0.2) is 38.0 Å². The van der Waals surface area contributed by atoms with E-state index in [9.17, 15) is 9.59 Å². The Labute approximate surface area is 103 Å². The van der Waals surface area contributed by atoms with E-state index in [4.69, 9.17) is 0 Å². The van der Waals surface area contributed by atoms with E-state index >= 15 is 0 Å². The third kappa shape index (κ3) is 7.74. The highest BCUT2D eigenvalue weighted by Gasteiger charge is 2.20. The molecule has 17 heavy (non-hydrogen) atoms. The van der Waals surface area contributed by atoms with Crippen LogP contribution in [0.15, 0.2) is 0 Å². The van der Waals surface area contributed by atoms with E-state index in [-0.39, 0.29) is 11.8 Å². The number of amides is 2. The van der Waals surface area contributed by atoms with Crippen LogP contribution in [0.2, 0.25) is 0 Å². The summed E-state index contributed by atoms with van der Waals surface area (Å²) in [4.78, 5) is 22.6. The van der Waals surface area contributed by atoms with Crippen molar-refractivity contribution >= 4 is 11.8 Å². The molecule has 1 saturated carbocycles. The molecule has 0 aromatic rings. The molecule has 1 aliphatic rings. The van der Waals surface area contributed by atoms with Crippen molar-refractivity contribution in [2.45, 2.75) is 32.6 Å². The molecule has 1 fully saturated rings. The van der Waals surface area contributed by atoms with Gasteiger partial charge in [0.15, 0.2) is 0 Å². The van der Waals surface area contributed by atoms with Gasteiger partial charge in [-0.1, -0.05) is 6.92 Å². The maximum absolute atomic E-state index is 11.3. The second-order valence-electron chi connectivity index (χ2n) is 4.52. The summed E-state index contributed by atoms with van der Waals surface area (Å²) in [5, 5.41) is 8.60. The number of rotatable bonds is 9. The van der Waals surface area contributed by atoms with Gasteiger partial charge in [0.05, 0.1) is 6.54 Å². The minimum Gasteiger partial charge on any atom is -0.356 e. The van der Waals surface area contributed by atoms with E-state index in [1.165, 1.54) is 12.8 Å². The van der Waals surface area contributed by atoms with Gasteiger partial charge in [-0.3, -0.25) is 9.59 Å². The molecule has 0 atom stereocenters. The molecule has 0 saturated heterocycles. The van der Waals surface area contributed by atoms with Gasteiger partial charge in [0.25, 0.3) is 0 Å². The van der Waals surface area contributed by atoms with Crippen molar-refractivity contribution in [1.82, 2.24) is 16.0 Å². The molecule has 1 rings (SSSR count). The van der Waals surface area contributed by atoms with E-state index in [0.29, 0.717) is 26.1 Å². The maximum Gasteiger partial charge on any atom is 0.233 e. The molecule has 98 valence electrons. The average molecular weight is 241 g/mol. The van der Waals surface area contributed by atoms with Gasteiger partial charge in [-0.25, -0.2) is 0 Å². The van der Waals surface area contributed by atoms with Crippen LogP contribution in [0, 0.1) is 5.92 Å². The highest BCUT2D eigenvalue weighted by molar-refractivity contribution is 5.80. The average Bonchev–Trinajstić information content (AvgIpc) is 3.10. The van der Waals surface area contributed by atoms with Crippen molar-refractivity contribution in [2.75, 3.05) is 26.2 Å². The molecule has 0 bridgehead atoms. The zero-order valence-corrected chi connectivity index (χ0v) is 10.6. The van der Waals surface area contributed by atoms with Gasteiger partial charge in [0.1, 0.15) is 0 Å². The molecule has 5 nitrogen and oxygen atoms in total. The second-order valence-corrected chi connectivity index (χ2v) is 4.52. The molecule has 0 aliphatic heterocycles.